The van der Waals surface area contributed by atoms with Crippen molar-refractivity contribution >= 4 is 43.1 Å². The van der Waals surface area contributed by atoms with Crippen LogP contribution in [0.1, 0.15) is 0 Å². The van der Waals surface area contributed by atoms with Crippen molar-refractivity contribution in [3.05, 3.63) is 182 Å². The molecule has 0 heteroatoms. The fourth-order valence-corrected chi connectivity index (χ4v) is 7.44. The molecule has 0 unspecified atom stereocenters. The molecule has 0 radical (unpaired) electrons. The first kappa shape index (κ1) is 26.4. The second-order valence-corrected chi connectivity index (χ2v) is 12.0. The van der Waals surface area contributed by atoms with Crippen molar-refractivity contribution in [1.29, 1.82) is 0 Å². The van der Waals surface area contributed by atoms with Gasteiger partial charge in [-0.3, -0.25) is 0 Å². The summed E-state index contributed by atoms with van der Waals surface area (Å²) in [5.74, 6) is 0. The first-order chi connectivity index (χ1) is 22.8. The van der Waals surface area contributed by atoms with Crippen LogP contribution < -0.4 is 0 Å². The van der Waals surface area contributed by atoms with Crippen LogP contribution in [0.2, 0.25) is 0 Å². The Morgan fingerprint density at radius 2 is 0.696 bits per heavy atom. The van der Waals surface area contributed by atoms with Gasteiger partial charge in [-0.1, -0.05) is 176 Å². The van der Waals surface area contributed by atoms with E-state index in [0.717, 1.165) is 0 Å². The minimum atomic E-state index is 1.22. The standard InChI is InChI=1S/C46H30/c1-2-16-33(17-3-1)44-37-22-7-5-15-32(37)28-29-38(44)34-19-12-20-35(30-34)45-40-23-8-10-25-42(40)46(43-26-11-9-24-41(43)45)39-27-13-18-31-14-4-6-21-36(31)39/h1-30H. The molecular weight excluding hydrogens is 553 g/mol. The van der Waals surface area contributed by atoms with E-state index < -0.39 is 0 Å². The second kappa shape index (κ2) is 10.9. The van der Waals surface area contributed by atoms with Crippen LogP contribution in [0.3, 0.4) is 0 Å². The summed E-state index contributed by atoms with van der Waals surface area (Å²) >= 11 is 0. The van der Waals surface area contributed by atoms with Crippen molar-refractivity contribution in [2.45, 2.75) is 0 Å². The van der Waals surface area contributed by atoms with Crippen LogP contribution in [0.5, 0.6) is 0 Å². The highest BCUT2D eigenvalue weighted by molar-refractivity contribution is 6.23. The maximum Gasteiger partial charge on any atom is -0.00201 e. The van der Waals surface area contributed by atoms with Crippen LogP contribution >= 0.6 is 0 Å². The van der Waals surface area contributed by atoms with E-state index in [2.05, 4.69) is 182 Å². The Hall–Kier alpha value is -5.98. The van der Waals surface area contributed by atoms with Gasteiger partial charge in [0.2, 0.25) is 0 Å². The van der Waals surface area contributed by atoms with Crippen LogP contribution in [0, 0.1) is 0 Å². The van der Waals surface area contributed by atoms with Gasteiger partial charge in [-0.15, -0.1) is 0 Å². The molecule has 0 atom stereocenters. The van der Waals surface area contributed by atoms with Crippen LogP contribution in [-0.4, -0.2) is 0 Å². The Labute approximate surface area is 268 Å². The lowest BCUT2D eigenvalue weighted by molar-refractivity contribution is 1.60. The predicted molar refractivity (Wildman–Crippen MR) is 198 cm³/mol. The molecule has 0 saturated heterocycles. The van der Waals surface area contributed by atoms with E-state index in [-0.39, 0.29) is 0 Å². The highest BCUT2D eigenvalue weighted by Gasteiger charge is 2.19. The largest absolute Gasteiger partial charge is 0.0622 e. The second-order valence-electron chi connectivity index (χ2n) is 12.0. The molecular formula is C46H30. The summed E-state index contributed by atoms with van der Waals surface area (Å²) in [5.41, 5.74) is 10.0. The first-order valence-electron chi connectivity index (χ1n) is 15.9. The summed E-state index contributed by atoms with van der Waals surface area (Å²) in [5, 5.41) is 10.1. The van der Waals surface area contributed by atoms with Gasteiger partial charge in [-0.2, -0.15) is 0 Å². The molecule has 0 aliphatic heterocycles. The van der Waals surface area contributed by atoms with Gasteiger partial charge in [0.05, 0.1) is 0 Å². The molecule has 0 aromatic heterocycles. The summed E-state index contributed by atoms with van der Waals surface area (Å²) in [6.45, 7) is 0. The SMILES string of the molecule is c1ccc(-c2c(-c3cccc(-c4c5ccccc5c(-c5cccc6ccccc56)c5ccccc45)c3)ccc3ccccc23)cc1. The molecule has 9 rings (SSSR count). The predicted octanol–water partition coefficient (Wildman–Crippen LogP) is 13.0. The number of benzene rings is 9. The summed E-state index contributed by atoms with van der Waals surface area (Å²) in [7, 11) is 0. The molecule has 0 fully saturated rings. The van der Waals surface area contributed by atoms with E-state index in [1.54, 1.807) is 0 Å². The Morgan fingerprint density at radius 3 is 1.39 bits per heavy atom. The summed E-state index contributed by atoms with van der Waals surface area (Å²) in [4.78, 5) is 0. The highest BCUT2D eigenvalue weighted by Crippen LogP contribution is 2.46. The summed E-state index contributed by atoms with van der Waals surface area (Å²) in [6, 6.07) is 66.5. The maximum atomic E-state index is 2.39. The molecule has 0 spiro atoms. The monoisotopic (exact) mass is 582 g/mol. The molecule has 0 aliphatic rings. The average molecular weight is 583 g/mol. The average Bonchev–Trinajstić information content (AvgIpc) is 3.13. The lowest BCUT2D eigenvalue weighted by atomic mass is 9.84. The maximum absolute atomic E-state index is 2.39. The van der Waals surface area contributed by atoms with Crippen LogP contribution in [-0.2, 0) is 0 Å². The lowest BCUT2D eigenvalue weighted by Crippen LogP contribution is -1.92. The molecule has 0 bridgehead atoms. The van der Waals surface area contributed by atoms with E-state index in [9.17, 15) is 0 Å². The van der Waals surface area contributed by atoms with E-state index >= 15 is 0 Å². The van der Waals surface area contributed by atoms with Gasteiger partial charge in [-0.05, 0) is 93.7 Å². The smallest absolute Gasteiger partial charge is 0.00201 e. The molecule has 9 aromatic carbocycles. The van der Waals surface area contributed by atoms with E-state index in [4.69, 9.17) is 0 Å². The van der Waals surface area contributed by atoms with Crippen LogP contribution in [0.15, 0.2) is 182 Å². The van der Waals surface area contributed by atoms with Gasteiger partial charge >= 0.3 is 0 Å². The normalized spacial score (nSPS) is 11.5. The molecule has 9 aromatic rings. The Kier molecular flexibility index (Phi) is 6.25. The van der Waals surface area contributed by atoms with E-state index in [1.165, 1.54) is 87.6 Å². The third-order valence-corrected chi connectivity index (χ3v) is 9.44. The Bertz CT molecular complexity index is 2510. The van der Waals surface area contributed by atoms with E-state index in [0.29, 0.717) is 0 Å². The minimum absolute atomic E-state index is 1.22. The molecule has 214 valence electrons. The fourth-order valence-electron chi connectivity index (χ4n) is 7.44. The molecule has 0 N–H and O–H groups in total. The van der Waals surface area contributed by atoms with Gasteiger partial charge in [0, 0.05) is 0 Å². The van der Waals surface area contributed by atoms with Crippen molar-refractivity contribution in [2.24, 2.45) is 0 Å². The van der Waals surface area contributed by atoms with Crippen LogP contribution in [0.4, 0.5) is 0 Å². The third-order valence-electron chi connectivity index (χ3n) is 9.44. The fraction of sp³-hybridized carbons (Fsp3) is 0. The highest BCUT2D eigenvalue weighted by atomic mass is 14.2. The zero-order chi connectivity index (χ0) is 30.5. The molecule has 46 heavy (non-hydrogen) atoms. The summed E-state index contributed by atoms with van der Waals surface area (Å²) in [6.07, 6.45) is 0. The minimum Gasteiger partial charge on any atom is -0.0622 e. The zero-order valence-corrected chi connectivity index (χ0v) is 25.3. The van der Waals surface area contributed by atoms with E-state index in [1.807, 2.05) is 0 Å². The molecule has 0 aliphatic carbocycles. The van der Waals surface area contributed by atoms with Gasteiger partial charge < -0.3 is 0 Å². The van der Waals surface area contributed by atoms with Crippen molar-refractivity contribution in [3.63, 3.8) is 0 Å². The molecule has 0 nitrogen and oxygen atoms in total. The van der Waals surface area contributed by atoms with Gasteiger partial charge in [-0.25, -0.2) is 0 Å². The van der Waals surface area contributed by atoms with Crippen molar-refractivity contribution in [2.75, 3.05) is 0 Å². The molecule has 0 saturated carbocycles. The molecule has 0 heterocycles. The summed E-state index contributed by atoms with van der Waals surface area (Å²) < 4.78 is 0. The van der Waals surface area contributed by atoms with Crippen molar-refractivity contribution < 1.29 is 0 Å². The van der Waals surface area contributed by atoms with Gasteiger partial charge in [0.15, 0.2) is 0 Å². The number of hydrogen-bond acceptors (Lipinski definition) is 0. The number of rotatable bonds is 4. The first-order valence-corrected chi connectivity index (χ1v) is 15.9. The molecule has 0 amide bonds. The Morgan fingerprint density at radius 1 is 0.217 bits per heavy atom. The topological polar surface area (TPSA) is 0 Å². The van der Waals surface area contributed by atoms with Crippen molar-refractivity contribution in [1.82, 2.24) is 0 Å². The number of hydrogen-bond donors (Lipinski definition) is 0. The van der Waals surface area contributed by atoms with Crippen LogP contribution in [0.25, 0.3) is 87.6 Å². The Balaban J connectivity index is 1.33. The van der Waals surface area contributed by atoms with Gasteiger partial charge in [0.25, 0.3) is 0 Å². The number of fused-ring (bicyclic) bond motifs is 4. The third kappa shape index (κ3) is 4.23. The van der Waals surface area contributed by atoms with Crippen molar-refractivity contribution in [3.8, 4) is 44.5 Å². The zero-order valence-electron chi connectivity index (χ0n) is 25.3. The quantitative estimate of drug-likeness (QED) is 0.181. The lowest BCUT2D eigenvalue weighted by Gasteiger charge is -2.19. The van der Waals surface area contributed by atoms with Gasteiger partial charge in [0.1, 0.15) is 0 Å².